The predicted molar refractivity (Wildman–Crippen MR) is 96.6 cm³/mol. The van der Waals surface area contributed by atoms with Gasteiger partial charge >= 0.3 is 19.5 Å². The second kappa shape index (κ2) is 10.4. The molecule has 2 aromatic rings. The van der Waals surface area contributed by atoms with Crippen molar-refractivity contribution in [2.45, 2.75) is 19.6 Å². The van der Waals surface area contributed by atoms with E-state index in [4.69, 9.17) is 0 Å². The van der Waals surface area contributed by atoms with Crippen LogP contribution in [0.2, 0.25) is 0 Å². The molecule has 0 saturated carbocycles. The fourth-order valence-electron chi connectivity index (χ4n) is 1.61. The largest absolute Gasteiger partial charge is 2.00 e. The van der Waals surface area contributed by atoms with Gasteiger partial charge in [0.15, 0.2) is 0 Å². The summed E-state index contributed by atoms with van der Waals surface area (Å²) in [6.45, 7) is 0. The maximum Gasteiger partial charge on any atom is 2.00 e. The molecule has 17 heteroatoms. The average molecular weight is 534 g/mol. The van der Waals surface area contributed by atoms with Gasteiger partial charge in [-0.25, -0.2) is 16.8 Å². The van der Waals surface area contributed by atoms with Gasteiger partial charge in [0.25, 0.3) is 11.4 Å². The fraction of sp³-hybridized carbons (Fsp3) is 0. The van der Waals surface area contributed by atoms with Crippen LogP contribution in [0.5, 0.6) is 0 Å². The van der Waals surface area contributed by atoms with E-state index in [2.05, 4.69) is 25.3 Å². The average Bonchev–Trinajstić information content (AvgIpc) is 2.53. The van der Waals surface area contributed by atoms with E-state index in [0.29, 0.717) is 12.1 Å². The Morgan fingerprint density at radius 1 is 0.690 bits per heavy atom. The van der Waals surface area contributed by atoms with Gasteiger partial charge < -0.3 is 9.11 Å². The second-order valence-electron chi connectivity index (χ2n) is 4.72. The summed E-state index contributed by atoms with van der Waals surface area (Å²) in [7, 11) is -9.33. The van der Waals surface area contributed by atoms with Gasteiger partial charge in [-0.2, -0.15) is 0 Å². The van der Waals surface area contributed by atoms with Gasteiger partial charge in [-0.3, -0.25) is 20.2 Å². The van der Waals surface area contributed by atoms with Crippen LogP contribution in [0.4, 0.5) is 11.4 Å². The maximum atomic E-state index is 10.5. The molecular weight excluding hydrogens is 526 g/mol. The molecule has 0 amide bonds. The van der Waals surface area contributed by atoms with E-state index >= 15 is 0 Å². The number of nitro groups is 2. The van der Waals surface area contributed by atoms with Crippen LogP contribution in [0.3, 0.4) is 0 Å². The molecule has 0 aliphatic rings. The molecule has 0 saturated heterocycles. The number of thiol groups is 2. The van der Waals surface area contributed by atoms with E-state index in [1.807, 2.05) is 0 Å². The van der Waals surface area contributed by atoms with E-state index in [1.165, 1.54) is 0 Å². The first-order chi connectivity index (χ1) is 12.6. The quantitative estimate of drug-likeness (QED) is 0.191. The molecule has 29 heavy (non-hydrogen) atoms. The first kappa shape index (κ1) is 27.4. The number of nitro benzene ring substituents is 2. The molecule has 152 valence electrons. The number of hydrogen-bond donors (Lipinski definition) is 2. The molecule has 0 spiro atoms. The third-order valence-corrected chi connectivity index (χ3v) is 5.28. The predicted octanol–water partition coefficient (Wildman–Crippen LogP) is 1.57. The molecule has 0 unspecified atom stereocenters. The fourth-order valence-corrected chi connectivity index (χ4v) is 3.03. The number of rotatable bonds is 4. The van der Waals surface area contributed by atoms with Crippen molar-refractivity contribution in [1.29, 1.82) is 0 Å². The van der Waals surface area contributed by atoms with Crippen LogP contribution >= 0.6 is 25.3 Å². The molecule has 0 aromatic heterocycles. The Kier molecular flexibility index (Phi) is 9.84. The Balaban J connectivity index is 0.000000523. The Hall–Kier alpha value is -1.62. The van der Waals surface area contributed by atoms with Crippen molar-refractivity contribution >= 4 is 56.9 Å². The minimum absolute atomic E-state index is 0. The zero-order chi connectivity index (χ0) is 21.9. The summed E-state index contributed by atoms with van der Waals surface area (Å²) in [5.41, 5.74) is -1.02. The zero-order valence-corrected chi connectivity index (χ0v) is 20.2. The van der Waals surface area contributed by atoms with Crippen molar-refractivity contribution < 1.29 is 55.3 Å². The van der Waals surface area contributed by atoms with Crippen LogP contribution in [0.25, 0.3) is 0 Å². The molecule has 12 nitrogen and oxygen atoms in total. The van der Waals surface area contributed by atoms with Crippen LogP contribution < -0.4 is 0 Å². The molecular formula is C12H8N2O10S4Zn. The van der Waals surface area contributed by atoms with E-state index in [1.54, 1.807) is 0 Å². The van der Waals surface area contributed by atoms with Crippen molar-refractivity contribution in [3.8, 4) is 0 Å². The Morgan fingerprint density at radius 3 is 1.17 bits per heavy atom. The van der Waals surface area contributed by atoms with Crippen molar-refractivity contribution in [1.82, 2.24) is 0 Å². The zero-order valence-electron chi connectivity index (χ0n) is 13.9. The van der Waals surface area contributed by atoms with Crippen LogP contribution in [0.15, 0.2) is 56.0 Å². The Bertz CT molecular complexity index is 1060. The van der Waals surface area contributed by atoms with Crippen molar-refractivity contribution in [2.75, 3.05) is 0 Å². The maximum absolute atomic E-state index is 10.5. The van der Waals surface area contributed by atoms with E-state index < -0.39 is 51.2 Å². The SMILES string of the molecule is O=[N+]([O-])c1cc(S(=O)(=O)[O-])ccc1S.O=[N+]([O-])c1cc(S(=O)(=O)[O-])ccc1S.[Zn+2]. The molecule has 2 aromatic carbocycles. The molecule has 0 aliphatic heterocycles. The molecule has 2 rings (SSSR count). The smallest absolute Gasteiger partial charge is 0.744 e. The van der Waals surface area contributed by atoms with Crippen LogP contribution in [-0.2, 0) is 39.7 Å². The van der Waals surface area contributed by atoms with Gasteiger partial charge in [-0.05, 0) is 24.3 Å². The summed E-state index contributed by atoms with van der Waals surface area (Å²) in [6, 6.07) is 5.49. The summed E-state index contributed by atoms with van der Waals surface area (Å²) < 4.78 is 63.1. The normalized spacial score (nSPS) is 10.9. The molecule has 0 radical (unpaired) electrons. The van der Waals surface area contributed by atoms with Gasteiger partial charge in [0.05, 0.1) is 29.4 Å². The van der Waals surface area contributed by atoms with Crippen LogP contribution in [0, 0.1) is 20.2 Å². The topological polar surface area (TPSA) is 201 Å². The van der Waals surface area contributed by atoms with E-state index in [0.717, 1.165) is 24.3 Å². The van der Waals surface area contributed by atoms with Crippen molar-refractivity contribution in [3.05, 3.63) is 56.6 Å². The van der Waals surface area contributed by atoms with Crippen LogP contribution in [0.1, 0.15) is 0 Å². The number of nitrogens with zero attached hydrogens (tertiary/aromatic N) is 2. The van der Waals surface area contributed by atoms with Gasteiger partial charge in [-0.1, -0.05) is 0 Å². The monoisotopic (exact) mass is 532 g/mol. The summed E-state index contributed by atoms with van der Waals surface area (Å²) in [6.07, 6.45) is 0. The molecule has 0 fully saturated rings. The summed E-state index contributed by atoms with van der Waals surface area (Å²) in [5, 5.41) is 20.7. The minimum Gasteiger partial charge on any atom is -0.744 e. The number of hydrogen-bond acceptors (Lipinski definition) is 12. The third kappa shape index (κ3) is 7.96. The van der Waals surface area contributed by atoms with Gasteiger partial charge in [0.2, 0.25) is 0 Å². The Labute approximate surface area is 187 Å². The Morgan fingerprint density at radius 2 is 0.966 bits per heavy atom. The van der Waals surface area contributed by atoms with Crippen molar-refractivity contribution in [2.24, 2.45) is 0 Å². The molecule has 0 aliphatic carbocycles. The molecule has 0 bridgehead atoms. The summed E-state index contributed by atoms with van der Waals surface area (Å²) in [5.74, 6) is 0. The van der Waals surface area contributed by atoms with E-state index in [9.17, 15) is 46.2 Å². The standard InChI is InChI=1S/2C6H5NO5S2.Zn/c2*8-7(9)5-3-4(14(10,11)12)1-2-6(5)13;/h2*1-3,13H,(H,10,11,12);/q;;+2/p-2. The van der Waals surface area contributed by atoms with Gasteiger partial charge in [0, 0.05) is 12.1 Å². The molecule has 0 atom stereocenters. The minimum atomic E-state index is -4.66. The molecule has 0 heterocycles. The number of benzene rings is 2. The van der Waals surface area contributed by atoms with Crippen LogP contribution in [-0.4, -0.2) is 35.8 Å². The van der Waals surface area contributed by atoms with Crippen molar-refractivity contribution in [3.63, 3.8) is 0 Å². The summed E-state index contributed by atoms with van der Waals surface area (Å²) >= 11 is 7.48. The first-order valence-corrected chi connectivity index (χ1v) is 10.2. The first-order valence-electron chi connectivity index (χ1n) is 6.51. The second-order valence-corrected chi connectivity index (χ2v) is 8.45. The third-order valence-electron chi connectivity index (χ3n) is 2.86. The summed E-state index contributed by atoms with van der Waals surface area (Å²) in [4.78, 5) is 17.8. The molecule has 0 N–H and O–H groups in total. The van der Waals surface area contributed by atoms with E-state index in [-0.39, 0.29) is 29.3 Å². The van der Waals surface area contributed by atoms with Gasteiger partial charge in [0.1, 0.15) is 20.2 Å². The van der Waals surface area contributed by atoms with Gasteiger partial charge in [-0.15, -0.1) is 25.3 Å².